The zero-order chi connectivity index (χ0) is 22.0. The molecule has 3 atom stereocenters. The third-order valence-electron chi connectivity index (χ3n) is 8.01. The molecule has 1 saturated carbocycles. The lowest BCUT2D eigenvalue weighted by Crippen LogP contribution is -2.58. The summed E-state index contributed by atoms with van der Waals surface area (Å²) < 4.78 is 0. The first-order valence-corrected chi connectivity index (χ1v) is 12.0. The van der Waals surface area contributed by atoms with Gasteiger partial charge in [0.15, 0.2) is 0 Å². The standard InChI is InChI=1S/C28H38N2O/c1-5-6-7-8-20(2)13-15-29-27(31)24-12-11-23-18-26-21(3)28(4,25(23)17-24)14-16-30(26)19-22-9-10-22/h5-8,11-12,17,21-22,26H,1,9-10,13-16,18-19H2,2-4H3,(H,29,31)/b7-6-,20-8+. The summed E-state index contributed by atoms with van der Waals surface area (Å²) in [6.45, 7) is 13.8. The molecular weight excluding hydrogens is 380 g/mol. The Bertz CT molecular complexity index is 894. The normalized spacial score (nSPS) is 28.4. The molecule has 1 heterocycles. The van der Waals surface area contributed by atoms with Crippen LogP contribution in [-0.2, 0) is 11.8 Å². The highest BCUT2D eigenvalue weighted by atomic mass is 16.1. The van der Waals surface area contributed by atoms with Crippen molar-refractivity contribution in [3.63, 3.8) is 0 Å². The average Bonchev–Trinajstić information content (AvgIpc) is 3.57. The van der Waals surface area contributed by atoms with Gasteiger partial charge in [0.1, 0.15) is 0 Å². The van der Waals surface area contributed by atoms with Crippen molar-refractivity contribution in [2.75, 3.05) is 19.6 Å². The van der Waals surface area contributed by atoms with E-state index >= 15 is 0 Å². The van der Waals surface area contributed by atoms with E-state index in [0.717, 1.165) is 24.3 Å². The van der Waals surface area contributed by atoms with Gasteiger partial charge in [-0.15, -0.1) is 0 Å². The Labute approximate surface area is 188 Å². The number of fused-ring (bicyclic) bond motifs is 4. The molecule has 4 rings (SSSR count). The van der Waals surface area contributed by atoms with Crippen LogP contribution in [0.5, 0.6) is 0 Å². The molecule has 1 aliphatic heterocycles. The van der Waals surface area contributed by atoms with Gasteiger partial charge in [-0.3, -0.25) is 9.69 Å². The van der Waals surface area contributed by atoms with E-state index in [4.69, 9.17) is 0 Å². The van der Waals surface area contributed by atoms with Gasteiger partial charge in [0.25, 0.3) is 5.91 Å². The minimum atomic E-state index is 0.0433. The van der Waals surface area contributed by atoms with Gasteiger partial charge in [-0.2, -0.15) is 0 Å². The van der Waals surface area contributed by atoms with Gasteiger partial charge >= 0.3 is 0 Å². The van der Waals surface area contributed by atoms with Crippen molar-refractivity contribution in [1.29, 1.82) is 0 Å². The molecule has 166 valence electrons. The van der Waals surface area contributed by atoms with Crippen LogP contribution in [0, 0.1) is 11.8 Å². The molecule has 2 fully saturated rings. The zero-order valence-corrected chi connectivity index (χ0v) is 19.5. The number of nitrogens with zero attached hydrogens (tertiary/aromatic N) is 1. The van der Waals surface area contributed by atoms with Crippen LogP contribution in [0.2, 0.25) is 0 Å². The number of benzene rings is 1. The third-order valence-corrected chi connectivity index (χ3v) is 8.01. The number of allylic oxidation sites excluding steroid dienone is 4. The fourth-order valence-electron chi connectivity index (χ4n) is 5.56. The average molecular weight is 419 g/mol. The van der Waals surface area contributed by atoms with Gasteiger partial charge in [-0.25, -0.2) is 0 Å². The van der Waals surface area contributed by atoms with Gasteiger partial charge in [-0.1, -0.05) is 56.4 Å². The summed E-state index contributed by atoms with van der Waals surface area (Å²) in [7, 11) is 0. The second kappa shape index (κ2) is 9.16. The largest absolute Gasteiger partial charge is 0.352 e. The minimum absolute atomic E-state index is 0.0433. The zero-order valence-electron chi connectivity index (χ0n) is 19.5. The van der Waals surface area contributed by atoms with Crippen molar-refractivity contribution in [2.24, 2.45) is 11.8 Å². The topological polar surface area (TPSA) is 32.3 Å². The lowest BCUT2D eigenvalue weighted by Gasteiger charge is -2.55. The van der Waals surface area contributed by atoms with E-state index in [-0.39, 0.29) is 11.3 Å². The predicted octanol–water partition coefficient (Wildman–Crippen LogP) is 5.43. The first kappa shape index (κ1) is 22.1. The van der Waals surface area contributed by atoms with Crippen molar-refractivity contribution in [3.8, 4) is 0 Å². The van der Waals surface area contributed by atoms with Crippen LogP contribution in [0.25, 0.3) is 0 Å². The number of piperidine rings is 1. The van der Waals surface area contributed by atoms with Crippen molar-refractivity contribution < 1.29 is 4.79 Å². The Morgan fingerprint density at radius 1 is 1.32 bits per heavy atom. The van der Waals surface area contributed by atoms with Gasteiger partial charge in [0.2, 0.25) is 0 Å². The van der Waals surface area contributed by atoms with E-state index in [9.17, 15) is 4.79 Å². The van der Waals surface area contributed by atoms with Crippen LogP contribution in [0.1, 0.15) is 67.9 Å². The van der Waals surface area contributed by atoms with Crippen LogP contribution in [0.4, 0.5) is 0 Å². The smallest absolute Gasteiger partial charge is 0.251 e. The molecule has 1 saturated heterocycles. The maximum atomic E-state index is 12.8. The Balaban J connectivity index is 1.44. The van der Waals surface area contributed by atoms with Gasteiger partial charge in [-0.05, 0) is 86.1 Å². The number of hydrogen-bond donors (Lipinski definition) is 1. The lowest BCUT2D eigenvalue weighted by molar-refractivity contribution is 0.0284. The SMILES string of the molecule is C=C/C=C\C=C(/C)CCNC(=O)c1ccc2c(c1)C1(C)CCN(CC3CC3)C(C2)C1C. The summed E-state index contributed by atoms with van der Waals surface area (Å²) in [5.41, 5.74) is 5.09. The predicted molar refractivity (Wildman–Crippen MR) is 129 cm³/mol. The molecule has 3 nitrogen and oxygen atoms in total. The molecule has 1 amide bonds. The number of carbonyl (C=O) groups is 1. The van der Waals surface area contributed by atoms with E-state index in [2.05, 4.69) is 55.8 Å². The first-order valence-electron chi connectivity index (χ1n) is 12.0. The second-order valence-electron chi connectivity index (χ2n) is 10.2. The molecule has 2 aliphatic carbocycles. The van der Waals surface area contributed by atoms with E-state index in [0.29, 0.717) is 18.5 Å². The fourth-order valence-corrected chi connectivity index (χ4v) is 5.56. The van der Waals surface area contributed by atoms with Crippen molar-refractivity contribution >= 4 is 5.91 Å². The minimum Gasteiger partial charge on any atom is -0.352 e. The number of hydrogen-bond acceptors (Lipinski definition) is 2. The van der Waals surface area contributed by atoms with Gasteiger partial charge in [0, 0.05) is 24.7 Å². The molecule has 1 aromatic rings. The van der Waals surface area contributed by atoms with Crippen LogP contribution in [-0.4, -0.2) is 36.5 Å². The third kappa shape index (κ3) is 4.72. The summed E-state index contributed by atoms with van der Waals surface area (Å²) in [6, 6.07) is 7.11. The molecule has 0 radical (unpaired) electrons. The van der Waals surface area contributed by atoms with Gasteiger partial charge in [0.05, 0.1) is 0 Å². The van der Waals surface area contributed by atoms with Gasteiger partial charge < -0.3 is 5.32 Å². The molecule has 31 heavy (non-hydrogen) atoms. The quantitative estimate of drug-likeness (QED) is 0.571. The number of amides is 1. The Morgan fingerprint density at radius 2 is 2.13 bits per heavy atom. The van der Waals surface area contributed by atoms with Crippen LogP contribution >= 0.6 is 0 Å². The summed E-state index contributed by atoms with van der Waals surface area (Å²) in [4.78, 5) is 15.6. The Kier molecular flexibility index (Phi) is 6.52. The van der Waals surface area contributed by atoms with Crippen LogP contribution < -0.4 is 5.32 Å². The Hall–Kier alpha value is -2.13. The fraction of sp³-hybridized carbons (Fsp3) is 0.536. The van der Waals surface area contributed by atoms with E-state index < -0.39 is 0 Å². The van der Waals surface area contributed by atoms with Crippen molar-refractivity contribution in [2.45, 2.75) is 64.3 Å². The highest BCUT2D eigenvalue weighted by Crippen LogP contribution is 2.49. The highest BCUT2D eigenvalue weighted by molar-refractivity contribution is 5.94. The molecule has 0 spiro atoms. The molecule has 1 N–H and O–H groups in total. The Morgan fingerprint density at radius 3 is 2.87 bits per heavy atom. The summed E-state index contributed by atoms with van der Waals surface area (Å²) in [5.74, 6) is 1.62. The maximum absolute atomic E-state index is 12.8. The molecule has 0 aromatic heterocycles. The van der Waals surface area contributed by atoms with E-state index in [1.54, 1.807) is 6.08 Å². The molecular formula is C28H38N2O. The van der Waals surface area contributed by atoms with Crippen molar-refractivity contribution in [3.05, 3.63) is 71.3 Å². The number of carbonyl (C=O) groups excluding carboxylic acids is 1. The van der Waals surface area contributed by atoms with Crippen LogP contribution in [0.3, 0.4) is 0 Å². The highest BCUT2D eigenvalue weighted by Gasteiger charge is 2.49. The molecule has 3 heteroatoms. The number of nitrogens with one attached hydrogen (secondary N) is 1. The van der Waals surface area contributed by atoms with E-state index in [1.807, 2.05) is 18.2 Å². The number of likely N-dealkylation sites (tertiary alicyclic amines) is 1. The second-order valence-corrected chi connectivity index (χ2v) is 10.2. The van der Waals surface area contributed by atoms with E-state index in [1.165, 1.54) is 49.1 Å². The lowest BCUT2D eigenvalue weighted by atomic mass is 9.59. The monoisotopic (exact) mass is 418 g/mol. The summed E-state index contributed by atoms with van der Waals surface area (Å²) >= 11 is 0. The number of rotatable bonds is 8. The molecule has 2 bridgehead atoms. The van der Waals surface area contributed by atoms with Crippen molar-refractivity contribution in [1.82, 2.24) is 10.2 Å². The molecule has 3 unspecified atom stereocenters. The van der Waals surface area contributed by atoms with Crippen LogP contribution in [0.15, 0.2) is 54.7 Å². The molecule has 1 aromatic carbocycles. The summed E-state index contributed by atoms with van der Waals surface area (Å²) in [5, 5.41) is 3.11. The molecule has 3 aliphatic rings. The maximum Gasteiger partial charge on any atom is 0.251 e. The summed E-state index contributed by atoms with van der Waals surface area (Å²) in [6.07, 6.45) is 13.8. The first-order chi connectivity index (χ1) is 14.9.